The van der Waals surface area contributed by atoms with Crippen molar-refractivity contribution >= 4 is 0 Å². The number of rotatable bonds is 3. The molecule has 4 fully saturated rings. The van der Waals surface area contributed by atoms with Crippen LogP contribution in [0.25, 0.3) is 0 Å². The van der Waals surface area contributed by atoms with E-state index in [1.807, 2.05) is 0 Å². The van der Waals surface area contributed by atoms with E-state index >= 15 is 0 Å². The van der Waals surface area contributed by atoms with Gasteiger partial charge in [-0.2, -0.15) is 65.9 Å². The van der Waals surface area contributed by atoms with Crippen molar-refractivity contribution in [2.75, 3.05) is 0 Å². The average molecular weight is 490 g/mol. The molecule has 0 spiro atoms. The van der Waals surface area contributed by atoms with Crippen LogP contribution in [0.5, 0.6) is 0 Å². The minimum Gasteiger partial charge on any atom is -0.196 e. The molecule has 0 aromatic rings. The van der Waals surface area contributed by atoms with Crippen LogP contribution in [0.15, 0.2) is 0 Å². The zero-order chi connectivity index (χ0) is 24.3. The summed E-state index contributed by atoms with van der Waals surface area (Å²) >= 11 is 0. The average Bonchev–Trinajstić information content (AvgIpc) is 2.50. The smallest absolute Gasteiger partial charge is 0.196 e. The van der Waals surface area contributed by atoms with Crippen molar-refractivity contribution in [3.63, 3.8) is 0 Å². The lowest BCUT2D eigenvalue weighted by Gasteiger charge is -2.69. The lowest BCUT2D eigenvalue weighted by Crippen LogP contribution is -2.74. The molecule has 0 saturated heterocycles. The molecule has 182 valence electrons. The SMILES string of the molecule is FC(F)(F)C(F)(F)C12CC3CC(C(F)(F)C(F)(F)F)(C1)CC(C(F)(F)C(F)(F)F)(C3)C2. The van der Waals surface area contributed by atoms with Gasteiger partial charge in [-0.1, -0.05) is 0 Å². The van der Waals surface area contributed by atoms with Crippen LogP contribution in [0.3, 0.4) is 0 Å². The van der Waals surface area contributed by atoms with E-state index in [4.69, 9.17) is 0 Å². The van der Waals surface area contributed by atoms with Crippen LogP contribution in [0.1, 0.15) is 38.5 Å². The highest BCUT2D eigenvalue weighted by Gasteiger charge is 2.87. The van der Waals surface area contributed by atoms with Gasteiger partial charge in [0.05, 0.1) is 0 Å². The van der Waals surface area contributed by atoms with Gasteiger partial charge in [0.1, 0.15) is 0 Å². The number of alkyl halides is 15. The van der Waals surface area contributed by atoms with Crippen LogP contribution in [-0.4, -0.2) is 36.3 Å². The Hall–Kier alpha value is -1.05. The molecule has 0 atom stereocenters. The van der Waals surface area contributed by atoms with E-state index in [0.717, 1.165) is 0 Å². The Morgan fingerprint density at radius 1 is 0.387 bits per heavy atom. The summed E-state index contributed by atoms with van der Waals surface area (Å²) in [6.07, 6.45) is -30.5. The molecule has 0 unspecified atom stereocenters. The molecular weight excluding hydrogens is 477 g/mol. The quantitative estimate of drug-likeness (QED) is 0.359. The largest absolute Gasteiger partial charge is 0.453 e. The van der Waals surface area contributed by atoms with E-state index in [0.29, 0.717) is 0 Å². The van der Waals surface area contributed by atoms with Gasteiger partial charge in [0.2, 0.25) is 0 Å². The fraction of sp³-hybridized carbons (Fsp3) is 1.00. The first-order valence-electron chi connectivity index (χ1n) is 8.74. The number of halogens is 15. The predicted molar refractivity (Wildman–Crippen MR) is 71.5 cm³/mol. The Morgan fingerprint density at radius 3 is 0.742 bits per heavy atom. The molecule has 15 heteroatoms. The van der Waals surface area contributed by atoms with E-state index in [2.05, 4.69) is 0 Å². The summed E-state index contributed by atoms with van der Waals surface area (Å²) in [7, 11) is 0. The van der Waals surface area contributed by atoms with E-state index in [-0.39, 0.29) is 0 Å². The molecule has 4 bridgehead atoms. The molecule has 0 heterocycles. The molecule has 0 aliphatic heterocycles. The van der Waals surface area contributed by atoms with Gasteiger partial charge >= 0.3 is 36.3 Å². The second-order valence-electron chi connectivity index (χ2n) is 9.07. The maximum atomic E-state index is 14.4. The van der Waals surface area contributed by atoms with E-state index < -0.39 is 97.0 Å². The maximum Gasteiger partial charge on any atom is 0.453 e. The van der Waals surface area contributed by atoms with Crippen LogP contribution in [-0.2, 0) is 0 Å². The van der Waals surface area contributed by atoms with E-state index in [9.17, 15) is 65.9 Å². The molecule has 4 rings (SSSR count). The summed E-state index contributed by atoms with van der Waals surface area (Å²) in [6.45, 7) is 0. The minimum atomic E-state index is -6.57. The first-order valence-corrected chi connectivity index (χ1v) is 8.74. The van der Waals surface area contributed by atoms with Crippen LogP contribution >= 0.6 is 0 Å². The van der Waals surface area contributed by atoms with Crippen molar-refractivity contribution in [2.24, 2.45) is 22.2 Å². The van der Waals surface area contributed by atoms with Crippen molar-refractivity contribution in [3.8, 4) is 0 Å². The summed E-state index contributed by atoms with van der Waals surface area (Å²) in [5, 5.41) is 0. The lowest BCUT2D eigenvalue weighted by atomic mass is 9.36. The van der Waals surface area contributed by atoms with E-state index in [1.165, 1.54) is 0 Å². The van der Waals surface area contributed by atoms with Gasteiger partial charge < -0.3 is 0 Å². The standard InChI is InChI=1S/C16H13F15/c17-11(18,14(23,24)25)8-1-7-2-9(4-8,12(19,20)15(26,27)28)6-10(3-7,5-8)13(21,22)16(29,30)31/h7H,1-6H2. The van der Waals surface area contributed by atoms with Gasteiger partial charge in [-0.25, -0.2) is 0 Å². The second kappa shape index (κ2) is 5.89. The molecule has 0 N–H and O–H groups in total. The molecule has 4 aliphatic rings. The fourth-order valence-electron chi connectivity index (χ4n) is 6.39. The molecule has 31 heavy (non-hydrogen) atoms. The Morgan fingerprint density at radius 2 is 0.581 bits per heavy atom. The van der Waals surface area contributed by atoms with Gasteiger partial charge in [-0.15, -0.1) is 0 Å². The van der Waals surface area contributed by atoms with Gasteiger partial charge in [0.15, 0.2) is 0 Å². The van der Waals surface area contributed by atoms with Crippen molar-refractivity contribution in [3.05, 3.63) is 0 Å². The van der Waals surface area contributed by atoms with Crippen molar-refractivity contribution in [1.82, 2.24) is 0 Å². The summed E-state index contributed by atoms with van der Waals surface area (Å²) < 4.78 is 204. The third-order valence-electron chi connectivity index (χ3n) is 7.13. The molecule has 0 aromatic carbocycles. The van der Waals surface area contributed by atoms with Gasteiger partial charge in [0, 0.05) is 16.2 Å². The zero-order valence-electron chi connectivity index (χ0n) is 15.0. The first-order chi connectivity index (χ1) is 13.4. The number of hydrogen-bond donors (Lipinski definition) is 0. The minimum absolute atomic E-state index is 1.40. The molecule has 0 aromatic heterocycles. The zero-order valence-corrected chi connectivity index (χ0v) is 15.0. The Balaban J connectivity index is 2.30. The molecule has 0 nitrogen and oxygen atoms in total. The Labute approximate surface area is 164 Å². The van der Waals surface area contributed by atoms with Crippen molar-refractivity contribution < 1.29 is 65.9 Å². The number of hydrogen-bond acceptors (Lipinski definition) is 0. The fourth-order valence-corrected chi connectivity index (χ4v) is 6.39. The normalized spacial score (nSPS) is 37.5. The van der Waals surface area contributed by atoms with Crippen molar-refractivity contribution in [1.29, 1.82) is 0 Å². The summed E-state index contributed by atoms with van der Waals surface area (Å²) in [4.78, 5) is 0. The molecule has 4 saturated carbocycles. The molecule has 4 aliphatic carbocycles. The second-order valence-corrected chi connectivity index (χ2v) is 9.07. The van der Waals surface area contributed by atoms with Gasteiger partial charge in [0.25, 0.3) is 0 Å². The molecule has 0 amide bonds. The highest BCUT2D eigenvalue weighted by Crippen LogP contribution is 2.81. The highest BCUT2D eigenvalue weighted by molar-refractivity contribution is 5.23. The van der Waals surface area contributed by atoms with Crippen LogP contribution in [0, 0.1) is 22.2 Å². The Kier molecular flexibility index (Phi) is 4.67. The topological polar surface area (TPSA) is 0 Å². The highest BCUT2D eigenvalue weighted by atomic mass is 19.4. The summed E-state index contributed by atoms with van der Waals surface area (Å²) in [5.41, 5.74) is -11.9. The van der Waals surface area contributed by atoms with Gasteiger partial charge in [-0.3, -0.25) is 0 Å². The van der Waals surface area contributed by atoms with Crippen LogP contribution < -0.4 is 0 Å². The third kappa shape index (κ3) is 2.85. The van der Waals surface area contributed by atoms with Crippen LogP contribution in [0.2, 0.25) is 0 Å². The molecule has 0 radical (unpaired) electrons. The lowest BCUT2D eigenvalue weighted by molar-refractivity contribution is -0.428. The van der Waals surface area contributed by atoms with E-state index in [1.54, 1.807) is 0 Å². The van der Waals surface area contributed by atoms with Gasteiger partial charge in [-0.05, 0) is 44.4 Å². The summed E-state index contributed by atoms with van der Waals surface area (Å²) in [5.74, 6) is -20.2. The first kappa shape index (κ1) is 24.6. The van der Waals surface area contributed by atoms with Crippen LogP contribution in [0.4, 0.5) is 65.9 Å². The predicted octanol–water partition coefficient (Wildman–Crippen LogP) is 7.54. The van der Waals surface area contributed by atoms with Crippen molar-refractivity contribution in [2.45, 2.75) is 74.8 Å². The Bertz CT molecular complexity index is 632. The third-order valence-corrected chi connectivity index (χ3v) is 7.13. The summed E-state index contributed by atoms with van der Waals surface area (Å²) in [6, 6.07) is 0. The molecular formula is C16H13F15. The monoisotopic (exact) mass is 490 g/mol. The maximum absolute atomic E-state index is 14.4.